The Kier molecular flexibility index (Phi) is 4.61. The van der Waals surface area contributed by atoms with Gasteiger partial charge < -0.3 is 14.9 Å². The molecule has 0 spiro atoms. The fourth-order valence-electron chi connectivity index (χ4n) is 6.73. The van der Waals surface area contributed by atoms with Crippen molar-refractivity contribution in [3.63, 3.8) is 0 Å². The van der Waals surface area contributed by atoms with Crippen LogP contribution in [-0.4, -0.2) is 23.3 Å². The van der Waals surface area contributed by atoms with Gasteiger partial charge in [0.2, 0.25) is 0 Å². The van der Waals surface area contributed by atoms with Gasteiger partial charge in [-0.1, -0.05) is 24.3 Å². The molecule has 0 aliphatic heterocycles. The molecule has 4 heteroatoms. The number of rotatable bonds is 5. The second-order valence-corrected chi connectivity index (χ2v) is 9.57. The second kappa shape index (κ2) is 7.19. The summed E-state index contributed by atoms with van der Waals surface area (Å²) in [6.45, 7) is 0. The van der Waals surface area contributed by atoms with E-state index >= 15 is 0 Å². The highest BCUT2D eigenvalue weighted by atomic mass is 16.5. The molecule has 0 radical (unpaired) electrons. The van der Waals surface area contributed by atoms with Crippen LogP contribution in [0.15, 0.2) is 42.5 Å². The van der Waals surface area contributed by atoms with Gasteiger partial charge in [-0.3, -0.25) is 0 Å². The van der Waals surface area contributed by atoms with E-state index in [0.717, 1.165) is 46.1 Å². The summed E-state index contributed by atoms with van der Waals surface area (Å²) in [7, 11) is 1.61. The van der Waals surface area contributed by atoms with Crippen LogP contribution in [0.5, 0.6) is 11.5 Å². The topological polar surface area (TPSA) is 66.8 Å². The van der Waals surface area contributed by atoms with Crippen LogP contribution in [0.4, 0.5) is 0 Å². The number of carboxylic acid groups (broad SMARTS) is 1. The fourth-order valence-corrected chi connectivity index (χ4v) is 6.73. The molecule has 2 N–H and O–H groups in total. The summed E-state index contributed by atoms with van der Waals surface area (Å²) >= 11 is 0. The zero-order chi connectivity index (χ0) is 20.9. The summed E-state index contributed by atoms with van der Waals surface area (Å²) in [5.74, 6) is 2.28. The van der Waals surface area contributed by atoms with E-state index in [0.29, 0.717) is 11.5 Å². The molecule has 0 aromatic heterocycles. The average Bonchev–Trinajstić information content (AvgIpc) is 2.72. The minimum atomic E-state index is -0.956. The van der Waals surface area contributed by atoms with Gasteiger partial charge in [-0.25, -0.2) is 4.79 Å². The number of hydrogen-bond donors (Lipinski definition) is 2. The van der Waals surface area contributed by atoms with Crippen molar-refractivity contribution in [2.75, 3.05) is 7.11 Å². The highest BCUT2D eigenvalue weighted by Crippen LogP contribution is 2.62. The van der Waals surface area contributed by atoms with Gasteiger partial charge in [0.1, 0.15) is 0 Å². The Morgan fingerprint density at radius 1 is 1.00 bits per heavy atom. The van der Waals surface area contributed by atoms with Crippen LogP contribution in [0.3, 0.4) is 0 Å². The van der Waals surface area contributed by atoms with Crippen molar-refractivity contribution in [1.82, 2.24) is 0 Å². The van der Waals surface area contributed by atoms with Gasteiger partial charge in [0.25, 0.3) is 0 Å². The minimum absolute atomic E-state index is 0.0757. The van der Waals surface area contributed by atoms with Crippen molar-refractivity contribution < 1.29 is 19.7 Å². The van der Waals surface area contributed by atoms with Crippen LogP contribution < -0.4 is 4.74 Å². The first-order valence-corrected chi connectivity index (χ1v) is 10.9. The first-order chi connectivity index (χ1) is 14.5. The number of hydrogen-bond acceptors (Lipinski definition) is 3. The van der Waals surface area contributed by atoms with Gasteiger partial charge >= 0.3 is 5.97 Å². The first kappa shape index (κ1) is 19.2. The SMILES string of the molecule is COc1cc(-c2ccc(/C=C/C(=O)O)cc2)cc(C23CC4CC(CC(C4)C2)C3)c1O. The zero-order valence-corrected chi connectivity index (χ0v) is 17.3. The molecule has 4 aliphatic carbocycles. The molecule has 156 valence electrons. The lowest BCUT2D eigenvalue weighted by molar-refractivity contribution is -0.131. The predicted molar refractivity (Wildman–Crippen MR) is 117 cm³/mol. The summed E-state index contributed by atoms with van der Waals surface area (Å²) in [5, 5.41) is 19.9. The van der Waals surface area contributed by atoms with E-state index in [9.17, 15) is 9.90 Å². The normalized spacial score (nSPS) is 29.4. The van der Waals surface area contributed by atoms with Crippen LogP contribution in [-0.2, 0) is 10.2 Å². The molecule has 0 saturated heterocycles. The van der Waals surface area contributed by atoms with Crippen molar-refractivity contribution in [3.8, 4) is 22.6 Å². The van der Waals surface area contributed by atoms with Gasteiger partial charge in [0.05, 0.1) is 7.11 Å². The Morgan fingerprint density at radius 3 is 2.13 bits per heavy atom. The number of carbonyl (C=O) groups is 1. The summed E-state index contributed by atoms with van der Waals surface area (Å²) < 4.78 is 5.57. The maximum absolute atomic E-state index is 11.1. The molecule has 0 unspecified atom stereocenters. The quantitative estimate of drug-likeness (QED) is 0.634. The molecule has 2 aromatic rings. The van der Waals surface area contributed by atoms with Gasteiger partial charge in [-0.2, -0.15) is 0 Å². The van der Waals surface area contributed by atoms with E-state index in [1.54, 1.807) is 13.2 Å². The lowest BCUT2D eigenvalue weighted by atomic mass is 9.48. The molecule has 0 amide bonds. The van der Waals surface area contributed by atoms with E-state index in [1.165, 1.54) is 38.5 Å². The monoisotopic (exact) mass is 404 g/mol. The number of ether oxygens (including phenoxy) is 1. The van der Waals surface area contributed by atoms with E-state index < -0.39 is 5.97 Å². The molecule has 2 aromatic carbocycles. The van der Waals surface area contributed by atoms with Gasteiger partial charge in [-0.05, 0) is 96.6 Å². The number of phenols is 1. The van der Waals surface area contributed by atoms with Crippen LogP contribution in [0.2, 0.25) is 0 Å². The highest BCUT2D eigenvalue weighted by molar-refractivity contribution is 5.85. The maximum Gasteiger partial charge on any atom is 0.328 e. The Balaban J connectivity index is 1.54. The maximum atomic E-state index is 11.1. The van der Waals surface area contributed by atoms with E-state index in [1.807, 2.05) is 30.3 Å². The molecule has 4 saturated carbocycles. The van der Waals surface area contributed by atoms with E-state index in [-0.39, 0.29) is 5.41 Å². The third-order valence-electron chi connectivity index (χ3n) is 7.57. The summed E-state index contributed by atoms with van der Waals surface area (Å²) in [4.78, 5) is 10.7. The van der Waals surface area contributed by atoms with Crippen LogP contribution >= 0.6 is 0 Å². The summed E-state index contributed by atoms with van der Waals surface area (Å²) in [6, 6.07) is 11.9. The Bertz CT molecular complexity index is 967. The van der Waals surface area contributed by atoms with Crippen LogP contribution in [0, 0.1) is 17.8 Å². The molecule has 4 bridgehead atoms. The molecular weight excluding hydrogens is 376 g/mol. The molecule has 6 rings (SSSR count). The van der Waals surface area contributed by atoms with Crippen LogP contribution in [0.25, 0.3) is 17.2 Å². The molecule has 4 nitrogen and oxygen atoms in total. The predicted octanol–water partition coefficient (Wildman–Crippen LogP) is 5.63. The molecule has 30 heavy (non-hydrogen) atoms. The largest absolute Gasteiger partial charge is 0.504 e. The molecule has 4 aliphatic rings. The van der Waals surface area contributed by atoms with Gasteiger partial charge in [0, 0.05) is 11.6 Å². The fraction of sp³-hybridized carbons (Fsp3) is 0.423. The number of phenolic OH excluding ortho intramolecular Hbond substituents is 1. The lowest BCUT2D eigenvalue weighted by Gasteiger charge is -2.57. The third-order valence-corrected chi connectivity index (χ3v) is 7.57. The minimum Gasteiger partial charge on any atom is -0.504 e. The van der Waals surface area contributed by atoms with Gasteiger partial charge in [-0.15, -0.1) is 0 Å². The van der Waals surface area contributed by atoms with Gasteiger partial charge in [0.15, 0.2) is 11.5 Å². The van der Waals surface area contributed by atoms with E-state index in [4.69, 9.17) is 9.84 Å². The second-order valence-electron chi connectivity index (χ2n) is 9.57. The Morgan fingerprint density at radius 2 is 1.60 bits per heavy atom. The number of methoxy groups -OCH3 is 1. The standard InChI is InChI=1S/C26H28O4/c1-30-23-12-21(20-5-2-16(3-6-20)4-7-24(27)28)11-22(25(23)29)26-13-17-8-18(14-26)10-19(9-17)15-26/h2-7,11-12,17-19,29H,8-10,13-15H2,1H3,(H,27,28)/b7-4+. The number of aromatic hydroxyl groups is 1. The molecule has 0 heterocycles. The molecule has 4 fully saturated rings. The Labute approximate surface area is 177 Å². The number of aliphatic carboxylic acids is 1. The third kappa shape index (κ3) is 3.28. The molecular formula is C26H28O4. The molecule has 0 atom stereocenters. The van der Waals surface area contributed by atoms with Crippen molar-refractivity contribution >= 4 is 12.0 Å². The smallest absolute Gasteiger partial charge is 0.328 e. The van der Waals surface area contributed by atoms with Crippen LogP contribution in [0.1, 0.15) is 49.7 Å². The average molecular weight is 405 g/mol. The summed E-state index contributed by atoms with van der Waals surface area (Å²) in [6.07, 6.45) is 10.4. The van der Waals surface area contributed by atoms with Crippen molar-refractivity contribution in [1.29, 1.82) is 0 Å². The summed E-state index contributed by atoms with van der Waals surface area (Å²) in [5.41, 5.74) is 4.04. The van der Waals surface area contributed by atoms with Crippen molar-refractivity contribution in [3.05, 3.63) is 53.6 Å². The first-order valence-electron chi connectivity index (χ1n) is 10.9. The van der Waals surface area contributed by atoms with Crippen molar-refractivity contribution in [2.45, 2.75) is 43.9 Å². The zero-order valence-electron chi connectivity index (χ0n) is 17.3. The highest BCUT2D eigenvalue weighted by Gasteiger charge is 2.52. The lowest BCUT2D eigenvalue weighted by Crippen LogP contribution is -2.48. The number of carboxylic acids is 1. The van der Waals surface area contributed by atoms with E-state index in [2.05, 4.69) is 6.07 Å². The van der Waals surface area contributed by atoms with Crippen molar-refractivity contribution in [2.24, 2.45) is 17.8 Å². The Hall–Kier alpha value is -2.75. The number of benzene rings is 2.